The van der Waals surface area contributed by atoms with E-state index in [1.807, 2.05) is 55.5 Å². The van der Waals surface area contributed by atoms with Gasteiger partial charge in [0, 0.05) is 5.56 Å². The molecule has 0 fully saturated rings. The number of aliphatic hydroxyl groups is 1. The van der Waals surface area contributed by atoms with Crippen LogP contribution in [0.4, 0.5) is 5.69 Å². The van der Waals surface area contributed by atoms with E-state index in [1.165, 1.54) is 5.84 Å². The lowest BCUT2D eigenvalue weighted by Gasteiger charge is -2.32. The van der Waals surface area contributed by atoms with E-state index in [-0.39, 0.29) is 23.0 Å². The second-order valence-electron chi connectivity index (χ2n) is 7.11. The van der Waals surface area contributed by atoms with Crippen LogP contribution in [0.5, 0.6) is 11.5 Å². The van der Waals surface area contributed by atoms with Gasteiger partial charge in [-0.25, -0.2) is 0 Å². The average molecular weight is 447 g/mol. The summed E-state index contributed by atoms with van der Waals surface area (Å²) in [6, 6.07) is 15.7. The number of amidine groups is 1. The van der Waals surface area contributed by atoms with Crippen molar-refractivity contribution in [2.24, 2.45) is 0 Å². The second kappa shape index (κ2) is 8.13. The molecule has 2 aliphatic rings. The number of anilines is 1. The molecule has 2 atom stereocenters. The van der Waals surface area contributed by atoms with Gasteiger partial charge in [0.25, 0.3) is 11.6 Å². The summed E-state index contributed by atoms with van der Waals surface area (Å²) < 4.78 is 13.2. The fraction of sp³-hybridized carbons (Fsp3) is 0.409. The standard InChI is InChI=1S/C22H27N2O3.BrH/c1-4-27-20-11-7-17(8-12-20)22(25)16(2)23-15-5-6-21(23)24(22)18-9-13-19(26-3)14-10-18;/h7-14,16,25H,4-6,15H2,1-3H3;1H/q+1;/p-1/t16?,22-;/m1./s1. The molecular formula is C22H27BrN2O3. The lowest BCUT2D eigenvalue weighted by molar-refractivity contribution is -0.564. The van der Waals surface area contributed by atoms with Gasteiger partial charge in [0.1, 0.15) is 17.2 Å². The first-order valence-electron chi connectivity index (χ1n) is 9.62. The summed E-state index contributed by atoms with van der Waals surface area (Å²) in [7, 11) is 1.66. The number of halogens is 1. The molecule has 0 saturated carbocycles. The number of hydrogen-bond donors (Lipinski definition) is 1. The minimum Gasteiger partial charge on any atom is -1.00 e. The van der Waals surface area contributed by atoms with Gasteiger partial charge in [-0.1, -0.05) is 0 Å². The SMILES string of the molecule is CCOc1ccc([C@]2(O)C(C)[N+]3=C(CCC3)N2c2ccc(OC)cc2)cc1.[Br-]. The molecule has 150 valence electrons. The fourth-order valence-electron chi connectivity index (χ4n) is 4.35. The summed E-state index contributed by atoms with van der Waals surface area (Å²) in [5, 5.41) is 12.0. The van der Waals surface area contributed by atoms with Gasteiger partial charge in [-0.3, -0.25) is 4.58 Å². The number of hydrogen-bond acceptors (Lipinski definition) is 4. The molecular weight excluding hydrogens is 420 g/mol. The summed E-state index contributed by atoms with van der Waals surface area (Å²) >= 11 is 0. The third-order valence-corrected chi connectivity index (χ3v) is 5.70. The molecule has 0 bridgehead atoms. The first-order chi connectivity index (χ1) is 13.1. The zero-order chi connectivity index (χ0) is 19.0. The lowest BCUT2D eigenvalue weighted by Crippen LogP contribution is -3.00. The van der Waals surface area contributed by atoms with Crippen LogP contribution in [0.25, 0.3) is 0 Å². The maximum Gasteiger partial charge on any atom is 0.278 e. The maximum atomic E-state index is 12.0. The molecule has 2 aromatic rings. The maximum absolute atomic E-state index is 12.0. The van der Waals surface area contributed by atoms with E-state index in [9.17, 15) is 5.11 Å². The molecule has 1 unspecified atom stereocenters. The molecule has 2 aromatic carbocycles. The Kier molecular flexibility index (Phi) is 6.01. The number of ether oxygens (including phenoxy) is 2. The number of rotatable bonds is 5. The highest BCUT2D eigenvalue weighted by Crippen LogP contribution is 2.43. The lowest BCUT2D eigenvalue weighted by atomic mass is 9.93. The van der Waals surface area contributed by atoms with Crippen molar-refractivity contribution in [1.29, 1.82) is 0 Å². The normalized spacial score (nSPS) is 23.4. The predicted molar refractivity (Wildman–Crippen MR) is 106 cm³/mol. The second-order valence-corrected chi connectivity index (χ2v) is 7.11. The van der Waals surface area contributed by atoms with Crippen LogP contribution >= 0.6 is 0 Å². The Balaban J connectivity index is 0.00000225. The van der Waals surface area contributed by atoms with E-state index in [0.717, 1.165) is 42.1 Å². The van der Waals surface area contributed by atoms with E-state index < -0.39 is 5.72 Å². The highest BCUT2D eigenvalue weighted by molar-refractivity contribution is 5.97. The molecule has 2 aliphatic heterocycles. The van der Waals surface area contributed by atoms with Crippen LogP contribution in [0.3, 0.4) is 0 Å². The van der Waals surface area contributed by atoms with Gasteiger partial charge in [-0.2, -0.15) is 4.90 Å². The van der Waals surface area contributed by atoms with Crippen LogP contribution in [-0.2, 0) is 5.72 Å². The largest absolute Gasteiger partial charge is 1.00 e. The minimum atomic E-state index is -1.13. The summed E-state index contributed by atoms with van der Waals surface area (Å²) in [6.07, 6.45) is 2.08. The Hall–Kier alpha value is -2.05. The Bertz CT molecular complexity index is 851. The fourth-order valence-corrected chi connectivity index (χ4v) is 4.35. The Morgan fingerprint density at radius 3 is 2.36 bits per heavy atom. The summed E-state index contributed by atoms with van der Waals surface area (Å²) in [6.45, 7) is 5.68. The van der Waals surface area contributed by atoms with Gasteiger partial charge in [0.05, 0.1) is 26.7 Å². The van der Waals surface area contributed by atoms with Crippen LogP contribution in [0.15, 0.2) is 48.5 Å². The van der Waals surface area contributed by atoms with E-state index >= 15 is 0 Å². The molecule has 0 spiro atoms. The molecule has 0 aliphatic carbocycles. The number of nitrogens with zero attached hydrogens (tertiary/aromatic N) is 2. The van der Waals surface area contributed by atoms with Gasteiger partial charge in [0.2, 0.25) is 0 Å². The zero-order valence-electron chi connectivity index (χ0n) is 16.6. The molecule has 5 nitrogen and oxygen atoms in total. The highest BCUT2D eigenvalue weighted by atomic mass is 79.9. The smallest absolute Gasteiger partial charge is 0.278 e. The van der Waals surface area contributed by atoms with Crippen molar-refractivity contribution < 1.29 is 36.1 Å². The highest BCUT2D eigenvalue weighted by Gasteiger charge is 2.60. The summed E-state index contributed by atoms with van der Waals surface area (Å²) in [5.41, 5.74) is 0.712. The van der Waals surface area contributed by atoms with Crippen molar-refractivity contribution >= 4 is 11.5 Å². The van der Waals surface area contributed by atoms with Crippen molar-refractivity contribution in [2.45, 2.75) is 38.5 Å². The van der Waals surface area contributed by atoms with Crippen molar-refractivity contribution in [3.8, 4) is 11.5 Å². The molecule has 1 N–H and O–H groups in total. The van der Waals surface area contributed by atoms with Crippen LogP contribution in [-0.4, -0.2) is 41.8 Å². The summed E-state index contributed by atoms with van der Waals surface area (Å²) in [5.74, 6) is 2.81. The van der Waals surface area contributed by atoms with Crippen molar-refractivity contribution in [2.75, 3.05) is 25.2 Å². The van der Waals surface area contributed by atoms with Crippen molar-refractivity contribution in [3.05, 3.63) is 54.1 Å². The van der Waals surface area contributed by atoms with Crippen LogP contribution in [0.2, 0.25) is 0 Å². The van der Waals surface area contributed by atoms with Crippen LogP contribution < -0.4 is 31.4 Å². The Labute approximate surface area is 177 Å². The quantitative estimate of drug-likeness (QED) is 0.673. The third-order valence-electron chi connectivity index (χ3n) is 5.70. The van der Waals surface area contributed by atoms with Crippen LogP contribution in [0, 0.1) is 0 Å². The molecule has 4 rings (SSSR count). The van der Waals surface area contributed by atoms with E-state index in [1.54, 1.807) is 7.11 Å². The van der Waals surface area contributed by atoms with Gasteiger partial charge in [0.15, 0.2) is 6.04 Å². The van der Waals surface area contributed by atoms with Gasteiger partial charge < -0.3 is 31.6 Å². The van der Waals surface area contributed by atoms with Crippen molar-refractivity contribution in [1.82, 2.24) is 0 Å². The first-order valence-corrected chi connectivity index (χ1v) is 9.62. The minimum absolute atomic E-state index is 0. The molecule has 0 aromatic heterocycles. The van der Waals surface area contributed by atoms with E-state index in [0.29, 0.717) is 6.61 Å². The Morgan fingerprint density at radius 2 is 1.75 bits per heavy atom. The molecule has 0 saturated heterocycles. The monoisotopic (exact) mass is 446 g/mol. The average Bonchev–Trinajstić information content (AvgIpc) is 3.24. The van der Waals surface area contributed by atoms with Gasteiger partial charge >= 0.3 is 0 Å². The number of methoxy groups -OCH3 is 1. The molecule has 28 heavy (non-hydrogen) atoms. The number of benzene rings is 2. The van der Waals surface area contributed by atoms with Gasteiger partial charge in [-0.05, 0) is 68.8 Å². The van der Waals surface area contributed by atoms with Gasteiger partial charge in [-0.15, -0.1) is 0 Å². The topological polar surface area (TPSA) is 44.9 Å². The molecule has 6 heteroatoms. The third kappa shape index (κ3) is 3.18. The van der Waals surface area contributed by atoms with E-state index in [2.05, 4.69) is 16.4 Å². The predicted octanol–water partition coefficient (Wildman–Crippen LogP) is 0.357. The summed E-state index contributed by atoms with van der Waals surface area (Å²) in [4.78, 5) is 2.10. The zero-order valence-corrected chi connectivity index (χ0v) is 18.1. The molecule has 2 heterocycles. The van der Waals surface area contributed by atoms with Crippen LogP contribution in [0.1, 0.15) is 32.3 Å². The van der Waals surface area contributed by atoms with Crippen molar-refractivity contribution in [3.63, 3.8) is 0 Å². The molecule has 0 radical (unpaired) electrons. The first kappa shape index (κ1) is 20.7. The molecule has 0 amide bonds. The van der Waals surface area contributed by atoms with E-state index in [4.69, 9.17) is 9.47 Å². The Morgan fingerprint density at radius 1 is 1.11 bits per heavy atom.